The number of carbonyl (C=O) groups is 1. The lowest BCUT2D eigenvalue weighted by atomic mass is 10.1. The van der Waals surface area contributed by atoms with Gasteiger partial charge in [0.25, 0.3) is 0 Å². The molecule has 6 heteroatoms. The van der Waals surface area contributed by atoms with E-state index in [0.29, 0.717) is 24.4 Å². The maximum atomic E-state index is 13.2. The number of aliphatic hydroxyl groups excluding tert-OH is 1. The fourth-order valence-corrected chi connectivity index (χ4v) is 2.80. The SMILES string of the molecule is Cc1cc(OCc2cccc(F)c2)ccc1NC(=O)C1CC(O)CN1. The highest BCUT2D eigenvalue weighted by Gasteiger charge is 2.28. The number of ether oxygens (including phenoxy) is 1. The zero-order chi connectivity index (χ0) is 17.8. The van der Waals surface area contributed by atoms with E-state index in [1.54, 1.807) is 24.3 Å². The first-order valence-electron chi connectivity index (χ1n) is 8.21. The molecule has 0 radical (unpaired) electrons. The second-order valence-electron chi connectivity index (χ2n) is 6.23. The van der Waals surface area contributed by atoms with Crippen LogP contribution in [-0.4, -0.2) is 29.7 Å². The first kappa shape index (κ1) is 17.4. The summed E-state index contributed by atoms with van der Waals surface area (Å²) in [6, 6.07) is 11.3. The van der Waals surface area contributed by atoms with Crippen molar-refractivity contribution in [3.8, 4) is 5.75 Å². The highest BCUT2D eigenvalue weighted by molar-refractivity contribution is 5.95. The largest absolute Gasteiger partial charge is 0.489 e. The second-order valence-corrected chi connectivity index (χ2v) is 6.23. The number of rotatable bonds is 5. The van der Waals surface area contributed by atoms with Crippen LogP contribution in [0.5, 0.6) is 5.75 Å². The zero-order valence-electron chi connectivity index (χ0n) is 14.0. The molecule has 1 aliphatic heterocycles. The summed E-state index contributed by atoms with van der Waals surface area (Å²) < 4.78 is 18.8. The summed E-state index contributed by atoms with van der Waals surface area (Å²) in [6.07, 6.45) is -0.0601. The van der Waals surface area contributed by atoms with Crippen molar-refractivity contribution in [1.29, 1.82) is 0 Å². The van der Waals surface area contributed by atoms with Crippen LogP contribution in [0.2, 0.25) is 0 Å². The average molecular weight is 344 g/mol. The summed E-state index contributed by atoms with van der Waals surface area (Å²) in [4.78, 5) is 12.2. The van der Waals surface area contributed by atoms with Gasteiger partial charge < -0.3 is 20.5 Å². The number of aliphatic hydroxyl groups is 1. The van der Waals surface area contributed by atoms with Crippen molar-refractivity contribution in [2.75, 3.05) is 11.9 Å². The number of halogens is 1. The molecule has 0 saturated carbocycles. The van der Waals surface area contributed by atoms with Crippen LogP contribution >= 0.6 is 0 Å². The maximum absolute atomic E-state index is 13.2. The van der Waals surface area contributed by atoms with Gasteiger partial charge in [0, 0.05) is 12.2 Å². The fourth-order valence-electron chi connectivity index (χ4n) is 2.80. The van der Waals surface area contributed by atoms with Gasteiger partial charge in [0.2, 0.25) is 5.91 Å². The molecule has 25 heavy (non-hydrogen) atoms. The molecule has 3 rings (SSSR count). The predicted molar refractivity (Wildman–Crippen MR) is 93.0 cm³/mol. The summed E-state index contributed by atoms with van der Waals surface area (Å²) >= 11 is 0. The molecule has 0 aromatic heterocycles. The van der Waals surface area contributed by atoms with Crippen molar-refractivity contribution in [3.05, 3.63) is 59.4 Å². The Bertz CT molecular complexity index is 766. The Labute approximate surface area is 145 Å². The lowest BCUT2D eigenvalue weighted by Crippen LogP contribution is -2.35. The lowest BCUT2D eigenvalue weighted by molar-refractivity contribution is -0.117. The molecule has 0 spiro atoms. The van der Waals surface area contributed by atoms with Gasteiger partial charge in [0.05, 0.1) is 12.1 Å². The van der Waals surface area contributed by atoms with Gasteiger partial charge in [-0.1, -0.05) is 12.1 Å². The number of benzene rings is 2. The summed E-state index contributed by atoms with van der Waals surface area (Å²) in [5.41, 5.74) is 2.32. The zero-order valence-corrected chi connectivity index (χ0v) is 14.0. The minimum atomic E-state index is -0.476. The molecule has 132 valence electrons. The van der Waals surface area contributed by atoms with Crippen molar-refractivity contribution in [2.24, 2.45) is 0 Å². The third-order valence-electron chi connectivity index (χ3n) is 4.17. The van der Waals surface area contributed by atoms with E-state index in [1.165, 1.54) is 12.1 Å². The molecule has 1 heterocycles. The minimum Gasteiger partial charge on any atom is -0.489 e. The molecule has 1 aliphatic rings. The van der Waals surface area contributed by atoms with Crippen LogP contribution in [-0.2, 0) is 11.4 Å². The van der Waals surface area contributed by atoms with Crippen LogP contribution in [0.25, 0.3) is 0 Å². The van der Waals surface area contributed by atoms with Crippen molar-refractivity contribution in [2.45, 2.75) is 32.1 Å². The Morgan fingerprint density at radius 1 is 1.36 bits per heavy atom. The van der Waals surface area contributed by atoms with Crippen molar-refractivity contribution in [1.82, 2.24) is 5.32 Å². The first-order chi connectivity index (χ1) is 12.0. The van der Waals surface area contributed by atoms with Gasteiger partial charge in [0.1, 0.15) is 18.2 Å². The molecule has 2 aromatic rings. The molecule has 1 fully saturated rings. The predicted octanol–water partition coefficient (Wildman–Crippen LogP) is 2.37. The molecular formula is C19H21FN2O3. The van der Waals surface area contributed by atoms with E-state index in [4.69, 9.17) is 4.74 Å². The standard InChI is InChI=1S/C19H21FN2O3/c1-12-7-16(25-11-13-3-2-4-14(20)8-13)5-6-17(12)22-19(24)18-9-15(23)10-21-18/h2-8,15,18,21,23H,9-11H2,1H3,(H,22,24). The number of hydrogen-bond donors (Lipinski definition) is 3. The Morgan fingerprint density at radius 3 is 2.88 bits per heavy atom. The van der Waals surface area contributed by atoms with Gasteiger partial charge in [-0.3, -0.25) is 4.79 Å². The lowest BCUT2D eigenvalue weighted by Gasteiger charge is -2.14. The van der Waals surface area contributed by atoms with E-state index in [1.807, 2.05) is 13.0 Å². The third-order valence-corrected chi connectivity index (χ3v) is 4.17. The summed E-state index contributed by atoms with van der Waals surface area (Å²) in [5.74, 6) is 0.197. The Hall–Kier alpha value is -2.44. The molecule has 0 bridgehead atoms. The highest BCUT2D eigenvalue weighted by Crippen LogP contribution is 2.23. The number of anilines is 1. The molecular weight excluding hydrogens is 323 g/mol. The van der Waals surface area contributed by atoms with Crippen LogP contribution < -0.4 is 15.4 Å². The van der Waals surface area contributed by atoms with Crippen molar-refractivity contribution >= 4 is 11.6 Å². The number of hydrogen-bond acceptors (Lipinski definition) is 4. The molecule has 1 amide bonds. The Morgan fingerprint density at radius 2 is 2.20 bits per heavy atom. The molecule has 2 atom stereocenters. The van der Waals surface area contributed by atoms with Crippen molar-refractivity contribution < 1.29 is 19.0 Å². The van der Waals surface area contributed by atoms with Gasteiger partial charge >= 0.3 is 0 Å². The van der Waals surface area contributed by atoms with E-state index in [-0.39, 0.29) is 24.4 Å². The summed E-state index contributed by atoms with van der Waals surface area (Å²) in [5, 5.41) is 15.3. The van der Waals surface area contributed by atoms with Crippen LogP contribution in [0.15, 0.2) is 42.5 Å². The van der Waals surface area contributed by atoms with E-state index in [2.05, 4.69) is 10.6 Å². The fraction of sp³-hybridized carbons (Fsp3) is 0.316. The molecule has 2 aromatic carbocycles. The maximum Gasteiger partial charge on any atom is 0.241 e. The monoisotopic (exact) mass is 344 g/mol. The third kappa shape index (κ3) is 4.55. The van der Waals surface area contributed by atoms with Crippen LogP contribution in [0.3, 0.4) is 0 Å². The average Bonchev–Trinajstić information content (AvgIpc) is 3.02. The molecule has 0 aliphatic carbocycles. The number of nitrogens with one attached hydrogen (secondary N) is 2. The van der Waals surface area contributed by atoms with Crippen LogP contribution in [0, 0.1) is 12.7 Å². The summed E-state index contributed by atoms with van der Waals surface area (Å²) in [7, 11) is 0. The minimum absolute atomic E-state index is 0.159. The van der Waals surface area contributed by atoms with Gasteiger partial charge in [0.15, 0.2) is 0 Å². The van der Waals surface area contributed by atoms with E-state index in [0.717, 1.165) is 11.1 Å². The molecule has 3 N–H and O–H groups in total. The van der Waals surface area contributed by atoms with Gasteiger partial charge in [-0.15, -0.1) is 0 Å². The van der Waals surface area contributed by atoms with E-state index >= 15 is 0 Å². The molecule has 5 nitrogen and oxygen atoms in total. The highest BCUT2D eigenvalue weighted by atomic mass is 19.1. The summed E-state index contributed by atoms with van der Waals surface area (Å²) in [6.45, 7) is 2.58. The number of β-amino-alcohol motifs (C(OH)–C–C–N with tert-alkyl or cyclic N) is 1. The molecule has 1 saturated heterocycles. The quantitative estimate of drug-likeness (QED) is 0.779. The number of carbonyl (C=O) groups excluding carboxylic acids is 1. The van der Waals surface area contributed by atoms with Gasteiger partial charge in [-0.05, 0) is 54.8 Å². The first-order valence-corrected chi connectivity index (χ1v) is 8.21. The Balaban J connectivity index is 1.59. The van der Waals surface area contributed by atoms with Crippen molar-refractivity contribution in [3.63, 3.8) is 0 Å². The van der Waals surface area contributed by atoms with E-state index in [9.17, 15) is 14.3 Å². The topological polar surface area (TPSA) is 70.6 Å². The normalized spacial score (nSPS) is 19.6. The van der Waals surface area contributed by atoms with Crippen LogP contribution in [0.1, 0.15) is 17.5 Å². The number of aryl methyl sites for hydroxylation is 1. The second kappa shape index (κ2) is 7.63. The smallest absolute Gasteiger partial charge is 0.241 e. The molecule has 2 unspecified atom stereocenters. The van der Waals surface area contributed by atoms with Crippen LogP contribution in [0.4, 0.5) is 10.1 Å². The Kier molecular flexibility index (Phi) is 5.31. The van der Waals surface area contributed by atoms with Gasteiger partial charge in [-0.25, -0.2) is 4.39 Å². The van der Waals surface area contributed by atoms with E-state index < -0.39 is 6.10 Å². The number of amides is 1. The van der Waals surface area contributed by atoms with Gasteiger partial charge in [-0.2, -0.15) is 0 Å².